The minimum atomic E-state index is -0.793. The number of halogens is 2. The Morgan fingerprint density at radius 2 is 2.05 bits per heavy atom. The smallest absolute Gasteiger partial charge is 0.244 e. The highest BCUT2D eigenvalue weighted by Gasteiger charge is 2.23. The summed E-state index contributed by atoms with van der Waals surface area (Å²) in [6, 6.07) is 0.165. The van der Waals surface area contributed by atoms with E-state index in [1.54, 1.807) is 11.8 Å². The Labute approximate surface area is 110 Å². The van der Waals surface area contributed by atoms with Crippen molar-refractivity contribution in [2.45, 2.75) is 32.2 Å². The number of likely N-dealkylation sites (tertiary alicyclic amines) is 1. The zero-order chi connectivity index (χ0) is 13.8. The molecule has 2 rings (SSSR count). The molecule has 19 heavy (non-hydrogen) atoms. The van der Waals surface area contributed by atoms with E-state index in [2.05, 4.69) is 10.3 Å². The van der Waals surface area contributed by atoms with Gasteiger partial charge in [0, 0.05) is 19.2 Å². The zero-order valence-corrected chi connectivity index (χ0v) is 10.8. The van der Waals surface area contributed by atoms with Crippen molar-refractivity contribution in [3.8, 4) is 0 Å². The first kappa shape index (κ1) is 13.7. The normalized spacial score (nSPS) is 17.1. The first-order chi connectivity index (χ1) is 9.08. The summed E-state index contributed by atoms with van der Waals surface area (Å²) < 4.78 is 26.2. The molecule has 1 fully saturated rings. The van der Waals surface area contributed by atoms with Gasteiger partial charge in [0.15, 0.2) is 11.6 Å². The maximum absolute atomic E-state index is 13.4. The molecule has 0 radical (unpaired) electrons. The molecular weight excluding hydrogens is 252 g/mol. The van der Waals surface area contributed by atoms with Gasteiger partial charge in [0.2, 0.25) is 5.91 Å². The van der Waals surface area contributed by atoms with E-state index in [1.165, 1.54) is 0 Å². The van der Waals surface area contributed by atoms with Gasteiger partial charge in [-0.3, -0.25) is 4.79 Å². The van der Waals surface area contributed by atoms with Crippen molar-refractivity contribution in [2.75, 3.05) is 18.4 Å². The molecule has 1 N–H and O–H groups in total. The van der Waals surface area contributed by atoms with Crippen LogP contribution in [0.25, 0.3) is 0 Å². The Hall–Kier alpha value is -1.72. The van der Waals surface area contributed by atoms with Crippen molar-refractivity contribution in [2.24, 2.45) is 0 Å². The van der Waals surface area contributed by atoms with Gasteiger partial charge >= 0.3 is 0 Å². The van der Waals surface area contributed by atoms with Gasteiger partial charge in [-0.05, 0) is 26.2 Å². The summed E-state index contributed by atoms with van der Waals surface area (Å²) in [4.78, 5) is 17.5. The third-order valence-electron chi connectivity index (χ3n) is 3.20. The van der Waals surface area contributed by atoms with E-state index in [4.69, 9.17) is 0 Å². The number of hydrogen-bond donors (Lipinski definition) is 1. The molecule has 0 bridgehead atoms. The summed E-state index contributed by atoms with van der Waals surface area (Å²) in [6.07, 6.45) is 4.06. The van der Waals surface area contributed by atoms with Crippen molar-refractivity contribution < 1.29 is 13.6 Å². The Morgan fingerprint density at radius 3 is 2.68 bits per heavy atom. The monoisotopic (exact) mass is 269 g/mol. The van der Waals surface area contributed by atoms with Crippen LogP contribution in [-0.4, -0.2) is 34.9 Å². The molecule has 0 aromatic carbocycles. The summed E-state index contributed by atoms with van der Waals surface area (Å²) in [5.74, 6) is -1.71. The Kier molecular flexibility index (Phi) is 4.29. The summed E-state index contributed by atoms with van der Waals surface area (Å²) in [7, 11) is 0. The summed E-state index contributed by atoms with van der Waals surface area (Å²) in [6.45, 7) is 3.13. The van der Waals surface area contributed by atoms with E-state index in [-0.39, 0.29) is 11.7 Å². The number of amides is 1. The van der Waals surface area contributed by atoms with Crippen LogP contribution in [0.3, 0.4) is 0 Å². The van der Waals surface area contributed by atoms with Crippen LogP contribution >= 0.6 is 0 Å². The lowest BCUT2D eigenvalue weighted by atomic mass is 10.1. The summed E-state index contributed by atoms with van der Waals surface area (Å²) >= 11 is 0. The lowest BCUT2D eigenvalue weighted by molar-refractivity contribution is -0.132. The average Bonchev–Trinajstić information content (AvgIpc) is 2.42. The van der Waals surface area contributed by atoms with Crippen LogP contribution in [0.2, 0.25) is 0 Å². The molecule has 1 unspecified atom stereocenters. The predicted molar refractivity (Wildman–Crippen MR) is 67.7 cm³/mol. The van der Waals surface area contributed by atoms with E-state index in [0.717, 1.165) is 44.6 Å². The van der Waals surface area contributed by atoms with E-state index >= 15 is 0 Å². The second-order valence-electron chi connectivity index (χ2n) is 4.74. The molecule has 1 aromatic rings. The molecule has 1 amide bonds. The third-order valence-corrected chi connectivity index (χ3v) is 3.20. The Balaban J connectivity index is 1.99. The highest BCUT2D eigenvalue weighted by Crippen LogP contribution is 2.15. The standard InChI is InChI=1S/C13H17F2N3O/c1-9(13(19)18-5-3-2-4-6-18)17-12-11(15)7-10(14)8-16-12/h7-9H,2-6H2,1H3,(H,16,17). The number of aromatic nitrogens is 1. The molecule has 104 valence electrons. The molecule has 6 heteroatoms. The van der Waals surface area contributed by atoms with Crippen molar-refractivity contribution in [1.29, 1.82) is 0 Å². The number of carbonyl (C=O) groups excluding carboxylic acids is 1. The number of nitrogens with one attached hydrogen (secondary N) is 1. The van der Waals surface area contributed by atoms with Gasteiger partial charge < -0.3 is 10.2 Å². The van der Waals surface area contributed by atoms with Crippen LogP contribution in [-0.2, 0) is 4.79 Å². The number of nitrogens with zero attached hydrogens (tertiary/aromatic N) is 2. The third kappa shape index (κ3) is 3.39. The zero-order valence-electron chi connectivity index (χ0n) is 10.8. The van der Waals surface area contributed by atoms with Crippen LogP contribution in [0, 0.1) is 11.6 Å². The SMILES string of the molecule is CC(Nc1ncc(F)cc1F)C(=O)N1CCCCC1. The quantitative estimate of drug-likeness (QED) is 0.914. The minimum Gasteiger partial charge on any atom is -0.356 e. The molecule has 2 heterocycles. The molecule has 1 aliphatic rings. The van der Waals surface area contributed by atoms with Crippen molar-refractivity contribution in [3.05, 3.63) is 23.9 Å². The van der Waals surface area contributed by atoms with Gasteiger partial charge in [-0.2, -0.15) is 0 Å². The largest absolute Gasteiger partial charge is 0.356 e. The topological polar surface area (TPSA) is 45.2 Å². The number of piperidine rings is 1. The van der Waals surface area contributed by atoms with Gasteiger partial charge in [0.25, 0.3) is 0 Å². The number of rotatable bonds is 3. The Morgan fingerprint density at radius 1 is 1.37 bits per heavy atom. The Bertz CT molecular complexity index is 461. The number of hydrogen-bond acceptors (Lipinski definition) is 3. The van der Waals surface area contributed by atoms with Crippen LogP contribution in [0.5, 0.6) is 0 Å². The van der Waals surface area contributed by atoms with E-state index in [1.807, 2.05) is 0 Å². The van der Waals surface area contributed by atoms with Crippen molar-refractivity contribution in [1.82, 2.24) is 9.88 Å². The second kappa shape index (κ2) is 5.95. The molecule has 0 spiro atoms. The van der Waals surface area contributed by atoms with Crippen LogP contribution in [0.4, 0.5) is 14.6 Å². The van der Waals surface area contributed by atoms with Crippen LogP contribution in [0.1, 0.15) is 26.2 Å². The minimum absolute atomic E-state index is 0.0785. The molecule has 1 saturated heterocycles. The van der Waals surface area contributed by atoms with E-state index < -0.39 is 17.7 Å². The fraction of sp³-hybridized carbons (Fsp3) is 0.538. The lowest BCUT2D eigenvalue weighted by Crippen LogP contribution is -2.44. The highest BCUT2D eigenvalue weighted by molar-refractivity contribution is 5.84. The maximum atomic E-state index is 13.4. The molecule has 0 saturated carbocycles. The average molecular weight is 269 g/mol. The lowest BCUT2D eigenvalue weighted by Gasteiger charge is -2.29. The van der Waals surface area contributed by atoms with Gasteiger partial charge in [0.1, 0.15) is 11.9 Å². The van der Waals surface area contributed by atoms with Gasteiger partial charge in [-0.25, -0.2) is 13.8 Å². The van der Waals surface area contributed by atoms with Gasteiger partial charge in [-0.15, -0.1) is 0 Å². The summed E-state index contributed by atoms with van der Waals surface area (Å²) in [5.41, 5.74) is 0. The molecular formula is C13H17F2N3O. The van der Waals surface area contributed by atoms with Gasteiger partial charge in [0.05, 0.1) is 6.20 Å². The highest BCUT2D eigenvalue weighted by atomic mass is 19.1. The number of anilines is 1. The molecule has 0 aliphatic carbocycles. The van der Waals surface area contributed by atoms with Gasteiger partial charge in [-0.1, -0.05) is 0 Å². The fourth-order valence-corrected chi connectivity index (χ4v) is 2.18. The molecule has 4 nitrogen and oxygen atoms in total. The number of carbonyl (C=O) groups is 1. The molecule has 1 atom stereocenters. The second-order valence-corrected chi connectivity index (χ2v) is 4.74. The van der Waals surface area contributed by atoms with E-state index in [0.29, 0.717) is 0 Å². The maximum Gasteiger partial charge on any atom is 0.244 e. The van der Waals surface area contributed by atoms with Crippen molar-refractivity contribution in [3.63, 3.8) is 0 Å². The molecule has 1 aliphatic heterocycles. The van der Waals surface area contributed by atoms with Crippen LogP contribution in [0.15, 0.2) is 12.3 Å². The first-order valence-electron chi connectivity index (χ1n) is 6.44. The fourth-order valence-electron chi connectivity index (χ4n) is 2.18. The summed E-state index contributed by atoms with van der Waals surface area (Å²) in [5, 5.41) is 2.69. The predicted octanol–water partition coefficient (Wildman–Crippen LogP) is 2.17. The van der Waals surface area contributed by atoms with E-state index in [9.17, 15) is 13.6 Å². The molecule has 1 aromatic heterocycles. The first-order valence-corrected chi connectivity index (χ1v) is 6.44. The number of pyridine rings is 1. The van der Waals surface area contributed by atoms with Crippen LogP contribution < -0.4 is 5.32 Å². The van der Waals surface area contributed by atoms with Crippen molar-refractivity contribution >= 4 is 11.7 Å².